The maximum Gasteiger partial charge on any atom is 0.408 e. The second-order valence-corrected chi connectivity index (χ2v) is 4.05. The number of rotatable bonds is 2. The summed E-state index contributed by atoms with van der Waals surface area (Å²) in [6.07, 6.45) is -0.266. The lowest BCUT2D eigenvalue weighted by molar-refractivity contribution is -0.142. The molecule has 2 rings (SSSR count). The molecule has 1 aliphatic rings. The highest BCUT2D eigenvalue weighted by Gasteiger charge is 2.41. The van der Waals surface area contributed by atoms with Crippen molar-refractivity contribution in [1.82, 2.24) is 4.90 Å². The van der Waals surface area contributed by atoms with Crippen molar-refractivity contribution in [3.63, 3.8) is 0 Å². The first-order valence-corrected chi connectivity index (χ1v) is 5.40. The molecule has 0 radical (unpaired) electrons. The number of carboxylic acid groups (broad SMARTS) is 2. The summed E-state index contributed by atoms with van der Waals surface area (Å²) >= 11 is 0. The van der Waals surface area contributed by atoms with Gasteiger partial charge in [-0.1, -0.05) is 30.3 Å². The van der Waals surface area contributed by atoms with Crippen molar-refractivity contribution in [2.75, 3.05) is 0 Å². The monoisotopic (exact) mass is 235 g/mol. The normalized spacial score (nSPS) is 23.6. The molecule has 0 saturated carbocycles. The van der Waals surface area contributed by atoms with Gasteiger partial charge in [-0.3, -0.25) is 4.90 Å². The number of carbonyl (C=O) groups is 2. The molecule has 17 heavy (non-hydrogen) atoms. The van der Waals surface area contributed by atoms with Crippen LogP contribution < -0.4 is 0 Å². The Morgan fingerprint density at radius 1 is 1.12 bits per heavy atom. The van der Waals surface area contributed by atoms with E-state index in [1.807, 2.05) is 30.3 Å². The number of hydrogen-bond acceptors (Lipinski definition) is 2. The van der Waals surface area contributed by atoms with Gasteiger partial charge < -0.3 is 10.2 Å². The summed E-state index contributed by atoms with van der Waals surface area (Å²) in [6.45, 7) is 0. The molecule has 5 heteroatoms. The lowest BCUT2D eigenvalue weighted by Crippen LogP contribution is -2.40. The van der Waals surface area contributed by atoms with Gasteiger partial charge in [-0.15, -0.1) is 0 Å². The van der Waals surface area contributed by atoms with Crippen molar-refractivity contribution in [2.45, 2.75) is 24.9 Å². The highest BCUT2D eigenvalue weighted by atomic mass is 16.4. The van der Waals surface area contributed by atoms with Crippen LogP contribution in [-0.4, -0.2) is 33.2 Å². The van der Waals surface area contributed by atoms with E-state index in [2.05, 4.69) is 0 Å². The van der Waals surface area contributed by atoms with E-state index in [0.29, 0.717) is 12.8 Å². The highest BCUT2D eigenvalue weighted by Crippen LogP contribution is 2.36. The molecule has 5 nitrogen and oxygen atoms in total. The van der Waals surface area contributed by atoms with Gasteiger partial charge in [-0.2, -0.15) is 0 Å². The van der Waals surface area contributed by atoms with Crippen molar-refractivity contribution in [3.8, 4) is 0 Å². The molecule has 1 aromatic carbocycles. The lowest BCUT2D eigenvalue weighted by Gasteiger charge is -2.25. The maximum atomic E-state index is 11.2. The Labute approximate surface area is 98.3 Å². The zero-order valence-electron chi connectivity index (χ0n) is 9.11. The lowest BCUT2D eigenvalue weighted by atomic mass is 10.1. The van der Waals surface area contributed by atoms with E-state index in [0.717, 1.165) is 10.5 Å². The third-order valence-electron chi connectivity index (χ3n) is 3.08. The van der Waals surface area contributed by atoms with Gasteiger partial charge in [0, 0.05) is 0 Å². The van der Waals surface area contributed by atoms with Crippen molar-refractivity contribution in [2.24, 2.45) is 0 Å². The summed E-state index contributed by atoms with van der Waals surface area (Å²) < 4.78 is 0. The minimum Gasteiger partial charge on any atom is -0.480 e. The van der Waals surface area contributed by atoms with Gasteiger partial charge in [0.25, 0.3) is 0 Å². The van der Waals surface area contributed by atoms with Crippen LogP contribution in [0.2, 0.25) is 0 Å². The molecule has 1 amide bonds. The molecule has 0 aromatic heterocycles. The molecule has 1 aliphatic heterocycles. The Hall–Kier alpha value is -2.04. The van der Waals surface area contributed by atoms with Crippen LogP contribution in [-0.2, 0) is 4.79 Å². The highest BCUT2D eigenvalue weighted by molar-refractivity contribution is 5.80. The molecular formula is C12H13NO4. The average Bonchev–Trinajstić information content (AvgIpc) is 2.74. The van der Waals surface area contributed by atoms with Crippen molar-refractivity contribution >= 4 is 12.1 Å². The fourth-order valence-corrected chi connectivity index (χ4v) is 2.32. The number of nitrogens with zero attached hydrogens (tertiary/aromatic N) is 1. The fourth-order valence-electron chi connectivity index (χ4n) is 2.32. The van der Waals surface area contributed by atoms with E-state index >= 15 is 0 Å². The van der Waals surface area contributed by atoms with Crippen LogP contribution in [0.15, 0.2) is 30.3 Å². The van der Waals surface area contributed by atoms with Gasteiger partial charge in [0.05, 0.1) is 6.04 Å². The summed E-state index contributed by atoms with van der Waals surface area (Å²) in [7, 11) is 0. The molecule has 1 aromatic rings. The van der Waals surface area contributed by atoms with E-state index in [9.17, 15) is 9.59 Å². The Bertz CT molecular complexity index is 431. The molecule has 2 atom stereocenters. The fraction of sp³-hybridized carbons (Fsp3) is 0.333. The first-order chi connectivity index (χ1) is 8.11. The smallest absolute Gasteiger partial charge is 0.408 e. The van der Waals surface area contributed by atoms with Gasteiger partial charge in [0.1, 0.15) is 6.04 Å². The second kappa shape index (κ2) is 4.45. The van der Waals surface area contributed by atoms with Gasteiger partial charge in [-0.05, 0) is 18.4 Å². The molecule has 2 unspecified atom stereocenters. The summed E-state index contributed by atoms with van der Waals surface area (Å²) in [6, 6.07) is 7.85. The average molecular weight is 235 g/mol. The minimum atomic E-state index is -1.18. The molecule has 1 fully saturated rings. The third-order valence-corrected chi connectivity index (χ3v) is 3.08. The molecule has 0 spiro atoms. The van der Waals surface area contributed by atoms with Crippen LogP contribution in [0.3, 0.4) is 0 Å². The van der Waals surface area contributed by atoms with E-state index in [4.69, 9.17) is 10.2 Å². The first kappa shape index (κ1) is 11.4. The minimum absolute atomic E-state index is 0.352. The Morgan fingerprint density at radius 3 is 2.29 bits per heavy atom. The third kappa shape index (κ3) is 2.08. The molecule has 0 bridgehead atoms. The number of amides is 1. The standard InChI is InChI=1S/C12H13NO4/c14-11(15)10-7-6-9(13(10)12(16)17)8-4-2-1-3-5-8/h1-5,9-10H,6-7H2,(H,14,15)(H,16,17). The first-order valence-electron chi connectivity index (χ1n) is 5.40. The molecule has 1 heterocycles. The number of benzene rings is 1. The molecule has 2 N–H and O–H groups in total. The van der Waals surface area contributed by atoms with E-state index in [-0.39, 0.29) is 6.04 Å². The van der Waals surface area contributed by atoms with E-state index < -0.39 is 18.1 Å². The molecule has 1 saturated heterocycles. The zero-order chi connectivity index (χ0) is 12.4. The second-order valence-electron chi connectivity index (χ2n) is 4.05. The summed E-state index contributed by atoms with van der Waals surface area (Å²) in [5, 5.41) is 18.1. The number of aliphatic carboxylic acids is 1. The van der Waals surface area contributed by atoms with Gasteiger partial charge in [0.15, 0.2) is 0 Å². The van der Waals surface area contributed by atoms with Crippen LogP contribution in [0.4, 0.5) is 4.79 Å². The summed E-state index contributed by atoms with van der Waals surface area (Å²) in [4.78, 5) is 23.2. The quantitative estimate of drug-likeness (QED) is 0.821. The molecule has 0 aliphatic carbocycles. The number of hydrogen-bond donors (Lipinski definition) is 2. The van der Waals surface area contributed by atoms with E-state index in [1.165, 1.54) is 0 Å². The summed E-state index contributed by atoms with van der Waals surface area (Å²) in [5.74, 6) is -1.08. The van der Waals surface area contributed by atoms with Gasteiger partial charge >= 0.3 is 12.1 Å². The van der Waals surface area contributed by atoms with Crippen LogP contribution >= 0.6 is 0 Å². The Kier molecular flexibility index (Phi) is 2.99. The largest absolute Gasteiger partial charge is 0.480 e. The van der Waals surface area contributed by atoms with Crippen LogP contribution in [0.5, 0.6) is 0 Å². The molecule has 90 valence electrons. The van der Waals surface area contributed by atoms with Crippen molar-refractivity contribution in [3.05, 3.63) is 35.9 Å². The number of likely N-dealkylation sites (tertiary alicyclic amines) is 1. The topological polar surface area (TPSA) is 77.8 Å². The van der Waals surface area contributed by atoms with Crippen LogP contribution in [0.25, 0.3) is 0 Å². The van der Waals surface area contributed by atoms with E-state index in [1.54, 1.807) is 0 Å². The van der Waals surface area contributed by atoms with Crippen molar-refractivity contribution < 1.29 is 19.8 Å². The Balaban J connectivity index is 2.30. The van der Waals surface area contributed by atoms with Crippen LogP contribution in [0.1, 0.15) is 24.4 Å². The van der Waals surface area contributed by atoms with Gasteiger partial charge in [-0.25, -0.2) is 9.59 Å². The maximum absolute atomic E-state index is 11.2. The summed E-state index contributed by atoms with van der Waals surface area (Å²) in [5.41, 5.74) is 0.846. The van der Waals surface area contributed by atoms with Crippen molar-refractivity contribution in [1.29, 1.82) is 0 Å². The number of carboxylic acids is 1. The SMILES string of the molecule is O=C(O)C1CCC(c2ccccc2)N1C(=O)O. The van der Waals surface area contributed by atoms with Gasteiger partial charge in [0.2, 0.25) is 0 Å². The van der Waals surface area contributed by atoms with Crippen LogP contribution in [0, 0.1) is 0 Å². The predicted octanol–water partition coefficient (Wildman–Crippen LogP) is 1.95. The predicted molar refractivity (Wildman–Crippen MR) is 59.7 cm³/mol. The zero-order valence-corrected chi connectivity index (χ0v) is 9.11. The molecular weight excluding hydrogens is 222 g/mol. The Morgan fingerprint density at radius 2 is 1.76 bits per heavy atom.